The molecule has 0 fully saturated rings. The minimum Gasteiger partial charge on any atom is -0.489 e. The first kappa shape index (κ1) is 22.6. The van der Waals surface area contributed by atoms with Gasteiger partial charge < -0.3 is 10.1 Å². The zero-order valence-corrected chi connectivity index (χ0v) is 17.7. The largest absolute Gasteiger partial charge is 0.489 e. The zero-order valence-electron chi connectivity index (χ0n) is 16.9. The second-order valence-electron chi connectivity index (χ2n) is 6.64. The van der Waals surface area contributed by atoms with Crippen LogP contribution in [0.15, 0.2) is 77.7 Å². The van der Waals surface area contributed by atoms with Crippen LogP contribution < -0.4 is 14.8 Å². The molecule has 3 rings (SSSR count). The maximum atomic E-state index is 12.5. The molecule has 0 atom stereocenters. The molecular formula is C24H19N3O4S. The normalized spacial score (nSPS) is 10.6. The van der Waals surface area contributed by atoms with Gasteiger partial charge in [0.05, 0.1) is 23.1 Å². The molecule has 0 saturated carbocycles. The van der Waals surface area contributed by atoms with Crippen molar-refractivity contribution in [2.45, 2.75) is 11.5 Å². The Morgan fingerprint density at radius 1 is 1.03 bits per heavy atom. The highest BCUT2D eigenvalue weighted by Crippen LogP contribution is 2.20. The molecule has 2 N–H and O–H groups in total. The van der Waals surface area contributed by atoms with Crippen molar-refractivity contribution in [1.82, 2.24) is 4.72 Å². The second kappa shape index (κ2) is 10.3. The van der Waals surface area contributed by atoms with Gasteiger partial charge in [-0.25, -0.2) is 8.42 Å². The fraction of sp³-hybridized carbons (Fsp3) is 0.0833. The van der Waals surface area contributed by atoms with Gasteiger partial charge in [-0.1, -0.05) is 24.1 Å². The quantitative estimate of drug-likeness (QED) is 0.517. The van der Waals surface area contributed by atoms with Crippen LogP contribution in [-0.4, -0.2) is 20.9 Å². The molecule has 0 radical (unpaired) electrons. The van der Waals surface area contributed by atoms with Crippen molar-refractivity contribution >= 4 is 21.6 Å². The van der Waals surface area contributed by atoms with Crippen LogP contribution in [0.3, 0.4) is 0 Å². The first-order valence-corrected chi connectivity index (χ1v) is 11.0. The number of carbonyl (C=O) groups excluding carboxylic acids is 1. The van der Waals surface area contributed by atoms with Gasteiger partial charge in [-0.05, 0) is 54.1 Å². The molecular weight excluding hydrogens is 426 g/mol. The third-order valence-corrected chi connectivity index (χ3v) is 5.76. The highest BCUT2D eigenvalue weighted by Gasteiger charge is 2.14. The Hall–Kier alpha value is -4.11. The van der Waals surface area contributed by atoms with Crippen LogP contribution in [0, 0.1) is 23.7 Å². The van der Waals surface area contributed by atoms with Crippen molar-refractivity contribution in [2.24, 2.45) is 0 Å². The Labute approximate surface area is 186 Å². The van der Waals surface area contributed by atoms with Gasteiger partial charge >= 0.3 is 0 Å². The summed E-state index contributed by atoms with van der Waals surface area (Å²) >= 11 is 0. The average molecular weight is 446 g/mol. The van der Waals surface area contributed by atoms with Crippen molar-refractivity contribution in [3.63, 3.8) is 0 Å². The minimum atomic E-state index is -3.72. The van der Waals surface area contributed by atoms with Gasteiger partial charge in [0.2, 0.25) is 10.0 Å². The van der Waals surface area contributed by atoms with Crippen molar-refractivity contribution in [2.75, 3.05) is 11.9 Å². The van der Waals surface area contributed by atoms with Crippen molar-refractivity contribution in [3.8, 4) is 24.2 Å². The number of ether oxygens (including phenoxy) is 1. The molecule has 0 spiro atoms. The number of terminal acetylenes is 1. The zero-order chi connectivity index (χ0) is 23.0. The number of amides is 1. The number of hydrogen-bond acceptors (Lipinski definition) is 5. The summed E-state index contributed by atoms with van der Waals surface area (Å²) in [5.74, 6) is 2.35. The number of anilines is 1. The molecule has 1 amide bonds. The Kier molecular flexibility index (Phi) is 7.25. The molecule has 7 nitrogen and oxygen atoms in total. The van der Waals surface area contributed by atoms with Crippen molar-refractivity contribution < 1.29 is 17.9 Å². The van der Waals surface area contributed by atoms with Crippen LogP contribution in [0.2, 0.25) is 0 Å². The van der Waals surface area contributed by atoms with Crippen molar-refractivity contribution in [1.29, 1.82) is 5.26 Å². The van der Waals surface area contributed by atoms with E-state index in [0.29, 0.717) is 22.6 Å². The molecule has 0 aromatic heterocycles. The standard InChI is InChI=1S/C24H19N3O4S/c1-2-13-26-32(29,30)23-11-9-20(10-12-23)24(28)27-21-7-4-8-22(15-21)31-17-19-6-3-5-18(14-19)16-25/h1,3-12,14-15,26H,13,17H2,(H,27,28). The molecule has 0 bridgehead atoms. The third-order valence-electron chi connectivity index (χ3n) is 4.34. The van der Waals surface area contributed by atoms with Gasteiger partial charge in [0.1, 0.15) is 12.4 Å². The Morgan fingerprint density at radius 3 is 2.50 bits per heavy atom. The summed E-state index contributed by atoms with van der Waals surface area (Å²) in [7, 11) is -3.72. The first-order valence-electron chi connectivity index (χ1n) is 9.48. The minimum absolute atomic E-state index is 0.0140. The number of sulfonamides is 1. The lowest BCUT2D eigenvalue weighted by Crippen LogP contribution is -2.24. The van der Waals surface area contributed by atoms with Crippen LogP contribution in [0.1, 0.15) is 21.5 Å². The van der Waals surface area contributed by atoms with Gasteiger partial charge in [0, 0.05) is 17.3 Å². The summed E-state index contributed by atoms with van der Waals surface area (Å²) in [6.45, 7) is 0.156. The molecule has 0 saturated heterocycles. The number of nitrogens with zero attached hydrogens (tertiary/aromatic N) is 1. The van der Waals surface area contributed by atoms with Gasteiger partial charge in [-0.15, -0.1) is 6.42 Å². The smallest absolute Gasteiger partial charge is 0.255 e. The fourth-order valence-corrected chi connectivity index (χ4v) is 3.70. The Bertz CT molecular complexity index is 1300. The maximum Gasteiger partial charge on any atom is 0.255 e. The maximum absolute atomic E-state index is 12.5. The lowest BCUT2D eigenvalue weighted by atomic mass is 10.1. The van der Waals surface area contributed by atoms with Crippen LogP contribution in [0.25, 0.3) is 0 Å². The van der Waals surface area contributed by atoms with Gasteiger partial charge in [-0.2, -0.15) is 9.98 Å². The van der Waals surface area contributed by atoms with E-state index in [9.17, 15) is 13.2 Å². The van der Waals surface area contributed by atoms with E-state index in [2.05, 4.69) is 22.0 Å². The molecule has 0 unspecified atom stereocenters. The topological polar surface area (TPSA) is 108 Å². The summed E-state index contributed by atoms with van der Waals surface area (Å²) in [4.78, 5) is 12.5. The molecule has 160 valence electrons. The SMILES string of the molecule is C#CCNS(=O)(=O)c1ccc(C(=O)Nc2cccc(OCc3cccc(C#N)c3)c2)cc1. The Morgan fingerprint density at radius 2 is 1.78 bits per heavy atom. The number of carbonyl (C=O) groups is 1. The average Bonchev–Trinajstić information content (AvgIpc) is 2.82. The predicted molar refractivity (Wildman–Crippen MR) is 120 cm³/mol. The van der Waals surface area contributed by atoms with E-state index in [1.54, 1.807) is 42.5 Å². The fourth-order valence-electron chi connectivity index (χ4n) is 2.77. The molecule has 0 heterocycles. The first-order chi connectivity index (χ1) is 15.4. The van der Waals surface area contributed by atoms with Crippen LogP contribution in [0.4, 0.5) is 5.69 Å². The van der Waals surface area contributed by atoms with Crippen LogP contribution >= 0.6 is 0 Å². The lowest BCUT2D eigenvalue weighted by Gasteiger charge is -2.10. The number of rotatable bonds is 8. The third kappa shape index (κ3) is 5.96. The summed E-state index contributed by atoms with van der Waals surface area (Å²) in [5.41, 5.74) is 2.22. The molecule has 0 aliphatic rings. The number of benzene rings is 3. The predicted octanol–water partition coefficient (Wildman–Crippen LogP) is 3.30. The van der Waals surface area contributed by atoms with Gasteiger partial charge in [0.25, 0.3) is 5.91 Å². The monoisotopic (exact) mass is 445 g/mol. The molecule has 0 aliphatic carbocycles. The molecule has 3 aromatic carbocycles. The molecule has 0 aliphatic heterocycles. The summed E-state index contributed by atoms with van der Waals surface area (Å²) < 4.78 is 32.1. The number of hydrogen-bond donors (Lipinski definition) is 2. The van der Waals surface area contributed by atoms with E-state index < -0.39 is 15.9 Å². The van der Waals surface area contributed by atoms with Crippen LogP contribution in [-0.2, 0) is 16.6 Å². The van der Waals surface area contributed by atoms with Gasteiger partial charge in [0.15, 0.2) is 0 Å². The highest BCUT2D eigenvalue weighted by atomic mass is 32.2. The van der Waals surface area contributed by atoms with E-state index in [0.717, 1.165) is 5.56 Å². The Balaban J connectivity index is 1.64. The molecule has 3 aromatic rings. The number of nitrogens with one attached hydrogen (secondary N) is 2. The highest BCUT2D eigenvalue weighted by molar-refractivity contribution is 7.89. The van der Waals surface area contributed by atoms with Gasteiger partial charge in [-0.3, -0.25) is 4.79 Å². The van der Waals surface area contributed by atoms with E-state index in [-0.39, 0.29) is 18.0 Å². The van der Waals surface area contributed by atoms with E-state index in [4.69, 9.17) is 16.4 Å². The van der Waals surface area contributed by atoms with E-state index in [1.807, 2.05) is 6.07 Å². The lowest BCUT2D eigenvalue weighted by molar-refractivity contribution is 0.102. The second-order valence-corrected chi connectivity index (χ2v) is 8.40. The number of nitriles is 1. The summed E-state index contributed by atoms with van der Waals surface area (Å²) in [6, 6.07) is 21.6. The van der Waals surface area contributed by atoms with E-state index >= 15 is 0 Å². The summed E-state index contributed by atoms with van der Waals surface area (Å²) in [5, 5.41) is 11.7. The molecule has 32 heavy (non-hydrogen) atoms. The van der Waals surface area contributed by atoms with E-state index in [1.165, 1.54) is 24.3 Å². The van der Waals surface area contributed by atoms with Crippen LogP contribution in [0.5, 0.6) is 5.75 Å². The molecule has 8 heteroatoms. The van der Waals surface area contributed by atoms with Crippen molar-refractivity contribution in [3.05, 3.63) is 89.5 Å². The summed E-state index contributed by atoms with van der Waals surface area (Å²) in [6.07, 6.45) is 5.07.